The molecule has 144 valence electrons. The largest absolute Gasteiger partial charge is 0.383 e. The Hall–Kier alpha value is -1.18. The van der Waals surface area contributed by atoms with Crippen LogP contribution in [-0.4, -0.2) is 98.6 Å². The van der Waals surface area contributed by atoms with Gasteiger partial charge in [-0.15, -0.1) is 0 Å². The van der Waals surface area contributed by atoms with Crippen molar-refractivity contribution in [3.05, 3.63) is 0 Å². The number of hydrogen-bond acceptors (Lipinski definition) is 5. The van der Waals surface area contributed by atoms with Gasteiger partial charge in [0.1, 0.15) is 0 Å². The molecule has 0 aromatic rings. The van der Waals surface area contributed by atoms with E-state index in [1.54, 1.807) is 7.11 Å². The lowest BCUT2D eigenvalue weighted by atomic mass is 9.98. The third kappa shape index (κ3) is 6.24. The number of piperazine rings is 1. The number of nitrogens with zero attached hydrogens (tertiary/aromatic N) is 3. The van der Waals surface area contributed by atoms with E-state index in [2.05, 4.69) is 22.0 Å². The first-order chi connectivity index (χ1) is 12.0. The maximum Gasteiger partial charge on any atom is 0.239 e. The Kier molecular flexibility index (Phi) is 8.12. The zero-order chi connectivity index (χ0) is 18.2. The van der Waals surface area contributed by atoms with E-state index in [-0.39, 0.29) is 17.9 Å². The van der Waals surface area contributed by atoms with E-state index in [1.807, 2.05) is 11.8 Å². The van der Waals surface area contributed by atoms with Gasteiger partial charge in [0.25, 0.3) is 0 Å². The van der Waals surface area contributed by atoms with E-state index >= 15 is 0 Å². The maximum atomic E-state index is 12.7. The fourth-order valence-electron chi connectivity index (χ4n) is 3.51. The van der Waals surface area contributed by atoms with Gasteiger partial charge < -0.3 is 15.0 Å². The molecule has 1 atom stereocenters. The highest BCUT2D eigenvalue weighted by Gasteiger charge is 2.30. The van der Waals surface area contributed by atoms with Crippen LogP contribution in [0.3, 0.4) is 0 Å². The molecule has 0 bridgehead atoms. The van der Waals surface area contributed by atoms with Gasteiger partial charge in [-0.25, -0.2) is 0 Å². The van der Waals surface area contributed by atoms with Crippen molar-refractivity contribution in [3.63, 3.8) is 0 Å². The fourth-order valence-corrected chi connectivity index (χ4v) is 3.51. The minimum Gasteiger partial charge on any atom is -0.383 e. The standard InChI is InChI=1S/C18H34N4O3/c1-15-4-7-22(8-5-15)18(24)16(2)21-11-9-20(10-12-21)14-17(23)19-6-13-25-3/h15-16H,4-14H2,1-3H3,(H,19,23). The highest BCUT2D eigenvalue weighted by Crippen LogP contribution is 2.18. The van der Waals surface area contributed by atoms with Crippen LogP contribution in [0.15, 0.2) is 0 Å². The zero-order valence-corrected chi connectivity index (χ0v) is 16.0. The van der Waals surface area contributed by atoms with Gasteiger partial charge in [-0.05, 0) is 25.7 Å². The van der Waals surface area contributed by atoms with Crippen molar-refractivity contribution in [1.82, 2.24) is 20.0 Å². The lowest BCUT2D eigenvalue weighted by Crippen LogP contribution is -2.56. The summed E-state index contributed by atoms with van der Waals surface area (Å²) in [6.45, 7) is 10.9. The molecule has 2 rings (SSSR count). The van der Waals surface area contributed by atoms with Crippen molar-refractivity contribution in [2.45, 2.75) is 32.7 Å². The second-order valence-electron chi connectivity index (χ2n) is 7.34. The predicted molar refractivity (Wildman–Crippen MR) is 97.3 cm³/mol. The second kappa shape index (κ2) is 10.1. The number of rotatable bonds is 7. The summed E-state index contributed by atoms with van der Waals surface area (Å²) < 4.78 is 4.93. The van der Waals surface area contributed by atoms with Crippen molar-refractivity contribution in [2.75, 3.05) is 66.1 Å². The van der Waals surface area contributed by atoms with Gasteiger partial charge in [-0.3, -0.25) is 19.4 Å². The van der Waals surface area contributed by atoms with Crippen molar-refractivity contribution < 1.29 is 14.3 Å². The van der Waals surface area contributed by atoms with Crippen molar-refractivity contribution >= 4 is 11.8 Å². The van der Waals surface area contributed by atoms with Gasteiger partial charge in [-0.1, -0.05) is 6.92 Å². The summed E-state index contributed by atoms with van der Waals surface area (Å²) in [5.74, 6) is 1.03. The average Bonchev–Trinajstić information content (AvgIpc) is 2.62. The topological polar surface area (TPSA) is 65.1 Å². The summed E-state index contributed by atoms with van der Waals surface area (Å²) in [6, 6.07) is -0.0638. The lowest BCUT2D eigenvalue weighted by Gasteiger charge is -2.40. The summed E-state index contributed by atoms with van der Waals surface area (Å²) in [7, 11) is 1.62. The molecule has 2 saturated heterocycles. The SMILES string of the molecule is COCCNC(=O)CN1CCN(C(C)C(=O)N2CCC(C)CC2)CC1. The van der Waals surface area contributed by atoms with Crippen LogP contribution >= 0.6 is 0 Å². The quantitative estimate of drug-likeness (QED) is 0.653. The number of methoxy groups -OCH3 is 1. The fraction of sp³-hybridized carbons (Fsp3) is 0.889. The molecule has 2 heterocycles. The average molecular weight is 354 g/mol. The first kappa shape index (κ1) is 20.1. The number of likely N-dealkylation sites (tertiary alicyclic amines) is 1. The molecule has 25 heavy (non-hydrogen) atoms. The number of amides is 2. The number of ether oxygens (including phenoxy) is 1. The van der Waals surface area contributed by atoms with Crippen LogP contribution < -0.4 is 5.32 Å². The Balaban J connectivity index is 1.70. The molecule has 1 N–H and O–H groups in total. The molecule has 0 aromatic carbocycles. The number of carbonyl (C=O) groups excluding carboxylic acids is 2. The molecule has 0 saturated carbocycles. The highest BCUT2D eigenvalue weighted by atomic mass is 16.5. The summed E-state index contributed by atoms with van der Waals surface area (Å²) in [5, 5.41) is 2.85. The van der Waals surface area contributed by atoms with E-state index in [4.69, 9.17) is 4.74 Å². The maximum absolute atomic E-state index is 12.7. The van der Waals surface area contributed by atoms with Crippen LogP contribution in [-0.2, 0) is 14.3 Å². The first-order valence-corrected chi connectivity index (χ1v) is 9.52. The number of nitrogens with one attached hydrogen (secondary N) is 1. The van der Waals surface area contributed by atoms with Gasteiger partial charge in [0, 0.05) is 52.9 Å². The Morgan fingerprint density at radius 2 is 1.76 bits per heavy atom. The molecular formula is C18H34N4O3. The van der Waals surface area contributed by atoms with Crippen molar-refractivity contribution in [3.8, 4) is 0 Å². The van der Waals surface area contributed by atoms with Crippen LogP contribution in [0.25, 0.3) is 0 Å². The Labute approximate surface area is 151 Å². The molecule has 7 nitrogen and oxygen atoms in total. The van der Waals surface area contributed by atoms with Crippen LogP contribution in [0.2, 0.25) is 0 Å². The summed E-state index contributed by atoms with van der Waals surface area (Å²) >= 11 is 0. The minimum atomic E-state index is -0.0638. The lowest BCUT2D eigenvalue weighted by molar-refractivity contribution is -0.138. The van der Waals surface area contributed by atoms with Gasteiger partial charge in [0.15, 0.2) is 0 Å². The van der Waals surface area contributed by atoms with Gasteiger partial charge in [0.2, 0.25) is 11.8 Å². The van der Waals surface area contributed by atoms with Crippen molar-refractivity contribution in [2.24, 2.45) is 5.92 Å². The molecule has 0 aliphatic carbocycles. The van der Waals surface area contributed by atoms with E-state index in [1.165, 1.54) is 0 Å². The third-order valence-corrected chi connectivity index (χ3v) is 5.40. The third-order valence-electron chi connectivity index (χ3n) is 5.40. The predicted octanol–water partition coefficient (Wildman–Crippen LogP) is 0.0136. The number of hydrogen-bond donors (Lipinski definition) is 1. The normalized spacial score (nSPS) is 22.0. The molecule has 1 unspecified atom stereocenters. The number of carbonyl (C=O) groups is 2. The molecule has 2 aliphatic heterocycles. The van der Waals surface area contributed by atoms with E-state index in [0.29, 0.717) is 19.7 Å². The first-order valence-electron chi connectivity index (χ1n) is 9.52. The molecule has 0 aromatic heterocycles. The van der Waals surface area contributed by atoms with E-state index in [0.717, 1.165) is 58.0 Å². The Morgan fingerprint density at radius 3 is 2.36 bits per heavy atom. The zero-order valence-electron chi connectivity index (χ0n) is 16.0. The Morgan fingerprint density at radius 1 is 1.12 bits per heavy atom. The minimum absolute atomic E-state index is 0.0389. The van der Waals surface area contributed by atoms with Crippen LogP contribution in [0.5, 0.6) is 0 Å². The molecular weight excluding hydrogens is 320 g/mol. The highest BCUT2D eigenvalue weighted by molar-refractivity contribution is 5.81. The van der Waals surface area contributed by atoms with Crippen LogP contribution in [0, 0.1) is 5.92 Å². The van der Waals surface area contributed by atoms with Crippen molar-refractivity contribution in [1.29, 1.82) is 0 Å². The van der Waals surface area contributed by atoms with Gasteiger partial charge in [0.05, 0.1) is 19.2 Å². The molecule has 0 spiro atoms. The van der Waals surface area contributed by atoms with E-state index in [9.17, 15) is 9.59 Å². The van der Waals surface area contributed by atoms with E-state index < -0.39 is 0 Å². The molecule has 2 aliphatic rings. The molecule has 0 radical (unpaired) electrons. The molecule has 2 amide bonds. The van der Waals surface area contributed by atoms with Crippen LogP contribution in [0.1, 0.15) is 26.7 Å². The summed E-state index contributed by atoms with van der Waals surface area (Å²) in [4.78, 5) is 31.0. The second-order valence-corrected chi connectivity index (χ2v) is 7.34. The monoisotopic (exact) mass is 354 g/mol. The smallest absolute Gasteiger partial charge is 0.239 e. The summed E-state index contributed by atoms with van der Waals surface area (Å²) in [6.07, 6.45) is 2.23. The van der Waals surface area contributed by atoms with Crippen LogP contribution in [0.4, 0.5) is 0 Å². The van der Waals surface area contributed by atoms with Gasteiger partial charge in [-0.2, -0.15) is 0 Å². The summed E-state index contributed by atoms with van der Waals surface area (Å²) in [5.41, 5.74) is 0. The number of piperidine rings is 1. The Bertz CT molecular complexity index is 430. The molecule has 7 heteroatoms. The molecule has 2 fully saturated rings. The van der Waals surface area contributed by atoms with Gasteiger partial charge >= 0.3 is 0 Å².